The molecule has 0 fully saturated rings. The lowest BCUT2D eigenvalue weighted by atomic mass is 10.2. The molecule has 1 aromatic rings. The van der Waals surface area contributed by atoms with Crippen LogP contribution in [0.3, 0.4) is 0 Å². The quantitative estimate of drug-likeness (QED) is 0.750. The Balaban J connectivity index is 2.55. The number of aliphatic hydroxyl groups excluding tert-OH is 1. The Labute approximate surface area is 107 Å². The van der Waals surface area contributed by atoms with Gasteiger partial charge >= 0.3 is 0 Å². The molecular weight excluding hydrogens is 230 g/mol. The highest BCUT2D eigenvalue weighted by molar-refractivity contribution is 5.92. The molecule has 0 aliphatic heterocycles. The van der Waals surface area contributed by atoms with Gasteiger partial charge in [-0.05, 0) is 18.1 Å². The highest BCUT2D eigenvalue weighted by Gasteiger charge is 2.02. The monoisotopic (exact) mass is 249 g/mol. The smallest absolute Gasteiger partial charge is 0.244 e. The normalized spacial score (nSPS) is 12.4. The zero-order chi connectivity index (χ0) is 13.4. The van der Waals surface area contributed by atoms with Crippen LogP contribution in [-0.4, -0.2) is 31.3 Å². The molecule has 0 spiro atoms. The van der Waals surface area contributed by atoms with Crippen LogP contribution < -0.4 is 10.1 Å². The summed E-state index contributed by atoms with van der Waals surface area (Å²) in [4.78, 5) is 11.5. The number of amides is 1. The van der Waals surface area contributed by atoms with Crippen molar-refractivity contribution in [3.8, 4) is 5.75 Å². The Hall–Kier alpha value is -1.81. The summed E-state index contributed by atoms with van der Waals surface area (Å²) >= 11 is 0. The van der Waals surface area contributed by atoms with Crippen LogP contribution in [0.15, 0.2) is 30.3 Å². The molecule has 1 atom stereocenters. The summed E-state index contributed by atoms with van der Waals surface area (Å²) in [5.41, 5.74) is 0.852. The summed E-state index contributed by atoms with van der Waals surface area (Å²) in [7, 11) is 1.59. The lowest BCUT2D eigenvalue weighted by molar-refractivity contribution is -0.116. The van der Waals surface area contributed by atoms with Crippen molar-refractivity contribution in [1.29, 1.82) is 0 Å². The number of rotatable bonds is 6. The Bertz CT molecular complexity index is 415. The number of hydrogen-bond donors (Lipinski definition) is 2. The van der Waals surface area contributed by atoms with Crippen LogP contribution >= 0.6 is 0 Å². The second-order valence-corrected chi connectivity index (χ2v) is 4.11. The van der Waals surface area contributed by atoms with Gasteiger partial charge in [0.2, 0.25) is 5.91 Å². The van der Waals surface area contributed by atoms with Crippen LogP contribution in [0.2, 0.25) is 0 Å². The van der Waals surface area contributed by atoms with E-state index >= 15 is 0 Å². The van der Waals surface area contributed by atoms with Crippen LogP contribution in [0.1, 0.15) is 12.5 Å². The van der Waals surface area contributed by atoms with Crippen LogP contribution in [-0.2, 0) is 4.79 Å². The van der Waals surface area contributed by atoms with E-state index in [0.29, 0.717) is 6.54 Å². The van der Waals surface area contributed by atoms with Gasteiger partial charge in [-0.2, -0.15) is 0 Å². The van der Waals surface area contributed by atoms with Gasteiger partial charge in [-0.1, -0.05) is 25.1 Å². The lowest BCUT2D eigenvalue weighted by Crippen LogP contribution is -2.27. The minimum Gasteiger partial charge on any atom is -0.496 e. The van der Waals surface area contributed by atoms with E-state index in [-0.39, 0.29) is 18.4 Å². The lowest BCUT2D eigenvalue weighted by Gasteiger charge is -2.07. The average molecular weight is 249 g/mol. The molecule has 18 heavy (non-hydrogen) atoms. The molecular formula is C14H19NO3. The van der Waals surface area contributed by atoms with E-state index in [1.807, 2.05) is 31.2 Å². The molecule has 4 heteroatoms. The van der Waals surface area contributed by atoms with Gasteiger partial charge in [0.25, 0.3) is 0 Å². The first-order valence-corrected chi connectivity index (χ1v) is 5.87. The molecule has 2 N–H and O–H groups in total. The van der Waals surface area contributed by atoms with E-state index in [0.717, 1.165) is 11.3 Å². The van der Waals surface area contributed by atoms with Gasteiger partial charge in [0.1, 0.15) is 5.75 Å². The Kier molecular flexibility index (Phi) is 5.94. The Morgan fingerprint density at radius 3 is 2.89 bits per heavy atom. The number of para-hydroxylation sites is 1. The fraction of sp³-hybridized carbons (Fsp3) is 0.357. The molecule has 1 unspecified atom stereocenters. The minimum absolute atomic E-state index is 0.0635. The van der Waals surface area contributed by atoms with Crippen molar-refractivity contribution >= 4 is 12.0 Å². The number of nitrogens with one attached hydrogen (secondary N) is 1. The molecule has 0 heterocycles. The molecule has 1 rings (SSSR count). The number of carbonyl (C=O) groups excluding carboxylic acids is 1. The summed E-state index contributed by atoms with van der Waals surface area (Å²) in [6, 6.07) is 7.47. The standard InChI is InChI=1S/C14H19NO3/c1-11(10-16)9-15-14(17)8-7-12-5-3-4-6-13(12)18-2/h3-8,11,16H,9-10H2,1-2H3,(H,15,17). The van der Waals surface area contributed by atoms with Gasteiger partial charge in [-0.3, -0.25) is 4.79 Å². The number of hydrogen-bond acceptors (Lipinski definition) is 3. The van der Waals surface area contributed by atoms with E-state index in [1.165, 1.54) is 6.08 Å². The van der Waals surface area contributed by atoms with Crippen molar-refractivity contribution in [1.82, 2.24) is 5.32 Å². The zero-order valence-corrected chi connectivity index (χ0v) is 10.7. The summed E-state index contributed by atoms with van der Waals surface area (Å²) < 4.78 is 5.18. The third kappa shape index (κ3) is 4.59. The predicted molar refractivity (Wildman–Crippen MR) is 71.3 cm³/mol. The zero-order valence-electron chi connectivity index (χ0n) is 10.7. The maximum atomic E-state index is 11.5. The third-order valence-corrected chi connectivity index (χ3v) is 2.49. The first-order chi connectivity index (χ1) is 8.67. The molecule has 98 valence electrons. The summed E-state index contributed by atoms with van der Waals surface area (Å²) in [5.74, 6) is 0.611. The largest absolute Gasteiger partial charge is 0.496 e. The number of aliphatic hydroxyl groups is 1. The third-order valence-electron chi connectivity index (χ3n) is 2.49. The predicted octanol–water partition coefficient (Wildman–Crippen LogP) is 1.45. The molecule has 0 saturated heterocycles. The Morgan fingerprint density at radius 1 is 1.50 bits per heavy atom. The highest BCUT2D eigenvalue weighted by Crippen LogP contribution is 2.18. The molecule has 0 saturated carbocycles. The molecule has 1 amide bonds. The van der Waals surface area contributed by atoms with E-state index < -0.39 is 0 Å². The van der Waals surface area contributed by atoms with Gasteiger partial charge in [0.15, 0.2) is 0 Å². The van der Waals surface area contributed by atoms with Crippen LogP contribution in [0, 0.1) is 5.92 Å². The fourth-order valence-electron chi connectivity index (χ4n) is 1.37. The van der Waals surface area contributed by atoms with Crippen molar-refractivity contribution in [2.24, 2.45) is 5.92 Å². The van der Waals surface area contributed by atoms with Gasteiger partial charge in [-0.15, -0.1) is 0 Å². The van der Waals surface area contributed by atoms with Crippen molar-refractivity contribution in [3.63, 3.8) is 0 Å². The topological polar surface area (TPSA) is 58.6 Å². The van der Waals surface area contributed by atoms with Gasteiger partial charge in [-0.25, -0.2) is 0 Å². The molecule has 4 nitrogen and oxygen atoms in total. The number of benzene rings is 1. The molecule has 0 aliphatic rings. The first-order valence-electron chi connectivity index (χ1n) is 5.87. The van der Waals surface area contributed by atoms with E-state index in [9.17, 15) is 4.79 Å². The van der Waals surface area contributed by atoms with Crippen LogP contribution in [0.4, 0.5) is 0 Å². The molecule has 0 aromatic heterocycles. The van der Waals surface area contributed by atoms with Crippen molar-refractivity contribution in [3.05, 3.63) is 35.9 Å². The fourth-order valence-corrected chi connectivity index (χ4v) is 1.37. The van der Waals surface area contributed by atoms with Gasteiger partial charge < -0.3 is 15.2 Å². The summed E-state index contributed by atoms with van der Waals surface area (Å²) in [5, 5.41) is 11.6. The summed E-state index contributed by atoms with van der Waals surface area (Å²) in [6.07, 6.45) is 3.17. The van der Waals surface area contributed by atoms with Gasteiger partial charge in [0, 0.05) is 24.8 Å². The molecule has 0 radical (unpaired) electrons. The van der Waals surface area contributed by atoms with E-state index in [2.05, 4.69) is 5.32 Å². The van der Waals surface area contributed by atoms with Gasteiger partial charge in [0.05, 0.1) is 7.11 Å². The van der Waals surface area contributed by atoms with Crippen molar-refractivity contribution < 1.29 is 14.6 Å². The number of ether oxygens (including phenoxy) is 1. The molecule has 0 bridgehead atoms. The maximum absolute atomic E-state index is 11.5. The second-order valence-electron chi connectivity index (χ2n) is 4.11. The second kappa shape index (κ2) is 7.50. The SMILES string of the molecule is COc1ccccc1C=CC(=O)NCC(C)CO. The number of methoxy groups -OCH3 is 1. The van der Waals surface area contributed by atoms with Crippen molar-refractivity contribution in [2.75, 3.05) is 20.3 Å². The Morgan fingerprint density at radius 2 is 2.22 bits per heavy atom. The van der Waals surface area contributed by atoms with E-state index in [4.69, 9.17) is 9.84 Å². The highest BCUT2D eigenvalue weighted by atomic mass is 16.5. The minimum atomic E-state index is -0.179. The van der Waals surface area contributed by atoms with Crippen LogP contribution in [0.5, 0.6) is 5.75 Å². The summed E-state index contributed by atoms with van der Waals surface area (Å²) in [6.45, 7) is 2.40. The maximum Gasteiger partial charge on any atom is 0.244 e. The molecule has 0 aliphatic carbocycles. The van der Waals surface area contributed by atoms with E-state index in [1.54, 1.807) is 13.2 Å². The first kappa shape index (κ1) is 14.3. The van der Waals surface area contributed by atoms with Crippen molar-refractivity contribution in [2.45, 2.75) is 6.92 Å². The molecule has 1 aromatic carbocycles. The van der Waals surface area contributed by atoms with Crippen LogP contribution in [0.25, 0.3) is 6.08 Å². The number of carbonyl (C=O) groups is 1. The average Bonchev–Trinajstić information content (AvgIpc) is 2.42.